The fraction of sp³-hybridized carbons (Fsp3) is 0.800. The third-order valence-electron chi connectivity index (χ3n) is 4.59. The van der Waals surface area contributed by atoms with Crippen LogP contribution in [0.3, 0.4) is 0 Å². The molecule has 2 heterocycles. The van der Waals surface area contributed by atoms with Crippen LogP contribution >= 0.6 is 11.5 Å². The molecule has 21 heavy (non-hydrogen) atoms. The molecular formula is C15H24N4OS. The summed E-state index contributed by atoms with van der Waals surface area (Å²) in [5.74, 6) is 1.61. The molecule has 0 N–H and O–H groups in total. The van der Waals surface area contributed by atoms with Crippen molar-refractivity contribution in [1.82, 2.24) is 14.3 Å². The number of rotatable bonds is 3. The molecule has 0 aromatic carbocycles. The molecule has 0 bridgehead atoms. The van der Waals surface area contributed by atoms with E-state index in [0.717, 1.165) is 56.4 Å². The van der Waals surface area contributed by atoms with Crippen molar-refractivity contribution in [2.45, 2.75) is 45.4 Å². The minimum atomic E-state index is 0.290. The summed E-state index contributed by atoms with van der Waals surface area (Å²) < 4.78 is 4.35. The lowest BCUT2D eigenvalue weighted by Crippen LogP contribution is -2.50. The van der Waals surface area contributed by atoms with Gasteiger partial charge in [0.2, 0.25) is 11.0 Å². The van der Waals surface area contributed by atoms with Crippen LogP contribution in [0.15, 0.2) is 0 Å². The Labute approximate surface area is 130 Å². The Hall–Kier alpha value is -1.17. The number of carbonyl (C=O) groups is 1. The van der Waals surface area contributed by atoms with Crippen molar-refractivity contribution in [2.24, 2.45) is 5.92 Å². The highest BCUT2D eigenvalue weighted by atomic mass is 32.1. The molecule has 0 unspecified atom stereocenters. The number of anilines is 1. The number of carbonyl (C=O) groups excluding carboxylic acids is 1. The third-order valence-corrected chi connectivity index (χ3v) is 5.40. The van der Waals surface area contributed by atoms with Crippen molar-refractivity contribution >= 4 is 22.6 Å². The molecule has 1 aliphatic heterocycles. The Morgan fingerprint density at radius 3 is 2.52 bits per heavy atom. The van der Waals surface area contributed by atoms with Crippen LogP contribution in [0, 0.1) is 5.92 Å². The Morgan fingerprint density at radius 1 is 1.19 bits per heavy atom. The van der Waals surface area contributed by atoms with Gasteiger partial charge in [0, 0.05) is 50.1 Å². The van der Waals surface area contributed by atoms with E-state index in [1.54, 1.807) is 0 Å². The average molecular weight is 308 g/mol. The largest absolute Gasteiger partial charge is 0.343 e. The van der Waals surface area contributed by atoms with Gasteiger partial charge in [0.05, 0.1) is 0 Å². The van der Waals surface area contributed by atoms with Gasteiger partial charge in [0.1, 0.15) is 5.82 Å². The summed E-state index contributed by atoms with van der Waals surface area (Å²) >= 11 is 1.48. The van der Waals surface area contributed by atoms with Gasteiger partial charge in [-0.2, -0.15) is 4.37 Å². The average Bonchev–Trinajstić information content (AvgIpc) is 3.04. The molecule has 0 radical (unpaired) electrons. The van der Waals surface area contributed by atoms with Gasteiger partial charge in [-0.25, -0.2) is 4.98 Å². The number of amides is 1. The van der Waals surface area contributed by atoms with Gasteiger partial charge in [-0.15, -0.1) is 0 Å². The molecule has 1 saturated heterocycles. The van der Waals surface area contributed by atoms with Crippen molar-refractivity contribution in [3.63, 3.8) is 0 Å². The Bertz CT molecular complexity index is 476. The van der Waals surface area contributed by atoms with E-state index in [1.807, 2.05) is 0 Å². The second-order valence-electron chi connectivity index (χ2n) is 5.99. The van der Waals surface area contributed by atoms with Crippen molar-refractivity contribution in [3.05, 3.63) is 5.82 Å². The second-order valence-corrected chi connectivity index (χ2v) is 6.72. The molecule has 2 fully saturated rings. The minimum Gasteiger partial charge on any atom is -0.343 e. The van der Waals surface area contributed by atoms with Crippen LogP contribution in [-0.2, 0) is 11.2 Å². The molecular weight excluding hydrogens is 284 g/mol. The summed E-state index contributed by atoms with van der Waals surface area (Å²) in [5, 5.41) is 1.01. The molecule has 1 saturated carbocycles. The van der Waals surface area contributed by atoms with Gasteiger partial charge >= 0.3 is 0 Å². The first-order valence-electron chi connectivity index (χ1n) is 8.14. The van der Waals surface area contributed by atoms with Gasteiger partial charge < -0.3 is 9.80 Å². The Kier molecular flexibility index (Phi) is 4.73. The van der Waals surface area contributed by atoms with E-state index in [4.69, 9.17) is 0 Å². The van der Waals surface area contributed by atoms with E-state index < -0.39 is 0 Å². The Balaban J connectivity index is 1.53. The molecule has 1 aliphatic carbocycles. The zero-order valence-corrected chi connectivity index (χ0v) is 13.6. The monoisotopic (exact) mass is 308 g/mol. The molecule has 5 nitrogen and oxygen atoms in total. The maximum Gasteiger partial charge on any atom is 0.225 e. The number of aromatic nitrogens is 2. The van der Waals surface area contributed by atoms with Crippen LogP contribution in [0.5, 0.6) is 0 Å². The third kappa shape index (κ3) is 3.36. The topological polar surface area (TPSA) is 49.3 Å². The first kappa shape index (κ1) is 14.8. The van der Waals surface area contributed by atoms with Crippen LogP contribution in [0.25, 0.3) is 0 Å². The van der Waals surface area contributed by atoms with Gasteiger partial charge in [-0.3, -0.25) is 4.79 Å². The molecule has 0 spiro atoms. The highest BCUT2D eigenvalue weighted by Gasteiger charge is 2.29. The first-order chi connectivity index (χ1) is 10.3. The quantitative estimate of drug-likeness (QED) is 0.860. The Morgan fingerprint density at radius 2 is 1.90 bits per heavy atom. The van der Waals surface area contributed by atoms with Gasteiger partial charge in [0.15, 0.2) is 0 Å². The summed E-state index contributed by atoms with van der Waals surface area (Å²) in [6.07, 6.45) is 6.82. The van der Waals surface area contributed by atoms with Gasteiger partial charge in [-0.1, -0.05) is 26.2 Å². The van der Waals surface area contributed by atoms with Crippen LogP contribution in [0.1, 0.15) is 44.9 Å². The van der Waals surface area contributed by atoms with Crippen molar-refractivity contribution in [2.75, 3.05) is 31.1 Å². The van der Waals surface area contributed by atoms with E-state index in [1.165, 1.54) is 30.8 Å². The van der Waals surface area contributed by atoms with Gasteiger partial charge in [0.25, 0.3) is 0 Å². The van der Waals surface area contributed by atoms with E-state index in [2.05, 4.69) is 26.1 Å². The van der Waals surface area contributed by atoms with E-state index in [-0.39, 0.29) is 0 Å². The highest BCUT2D eigenvalue weighted by molar-refractivity contribution is 7.09. The summed E-state index contributed by atoms with van der Waals surface area (Å²) in [7, 11) is 0. The maximum atomic E-state index is 12.5. The minimum absolute atomic E-state index is 0.290. The fourth-order valence-electron chi connectivity index (χ4n) is 3.24. The molecule has 1 aromatic rings. The summed E-state index contributed by atoms with van der Waals surface area (Å²) in [6.45, 7) is 5.51. The van der Waals surface area contributed by atoms with E-state index >= 15 is 0 Å². The molecule has 6 heteroatoms. The second kappa shape index (κ2) is 6.73. The highest BCUT2D eigenvalue weighted by Crippen LogP contribution is 2.26. The summed E-state index contributed by atoms with van der Waals surface area (Å²) in [5.41, 5.74) is 0. The number of piperazine rings is 1. The predicted octanol–water partition coefficient (Wildman–Crippen LogP) is 2.33. The van der Waals surface area contributed by atoms with Gasteiger partial charge in [-0.05, 0) is 12.8 Å². The van der Waals surface area contributed by atoms with Crippen LogP contribution < -0.4 is 4.90 Å². The van der Waals surface area contributed by atoms with E-state index in [9.17, 15) is 4.79 Å². The molecule has 1 aromatic heterocycles. The van der Waals surface area contributed by atoms with Crippen LogP contribution in [-0.4, -0.2) is 46.3 Å². The zero-order chi connectivity index (χ0) is 14.7. The van der Waals surface area contributed by atoms with E-state index in [0.29, 0.717) is 11.8 Å². The van der Waals surface area contributed by atoms with Crippen molar-refractivity contribution in [1.29, 1.82) is 0 Å². The fourth-order valence-corrected chi connectivity index (χ4v) is 4.04. The molecule has 3 rings (SSSR count). The number of hydrogen-bond donors (Lipinski definition) is 0. The van der Waals surface area contributed by atoms with Crippen molar-refractivity contribution in [3.8, 4) is 0 Å². The summed E-state index contributed by atoms with van der Waals surface area (Å²) in [6, 6.07) is 0. The SMILES string of the molecule is CCc1nsc(N2CCN(C(=O)C3CCCCC3)CC2)n1. The lowest BCUT2D eigenvalue weighted by molar-refractivity contribution is -0.136. The first-order valence-corrected chi connectivity index (χ1v) is 8.91. The van der Waals surface area contributed by atoms with Crippen LogP contribution in [0.4, 0.5) is 5.13 Å². The number of hydrogen-bond acceptors (Lipinski definition) is 5. The predicted molar refractivity (Wildman–Crippen MR) is 84.7 cm³/mol. The molecule has 1 amide bonds. The zero-order valence-electron chi connectivity index (χ0n) is 12.8. The molecule has 116 valence electrons. The lowest BCUT2D eigenvalue weighted by atomic mass is 9.88. The maximum absolute atomic E-state index is 12.5. The molecule has 0 atom stereocenters. The standard InChI is InChI=1S/C15H24N4OS/c1-2-13-16-15(21-17-13)19-10-8-18(9-11-19)14(20)12-6-4-3-5-7-12/h12H,2-11H2,1H3. The lowest BCUT2D eigenvalue weighted by Gasteiger charge is -2.36. The smallest absolute Gasteiger partial charge is 0.225 e. The van der Waals surface area contributed by atoms with Crippen molar-refractivity contribution < 1.29 is 4.79 Å². The number of nitrogens with zero attached hydrogens (tertiary/aromatic N) is 4. The summed E-state index contributed by atoms with van der Waals surface area (Å²) in [4.78, 5) is 21.4. The normalized spacial score (nSPS) is 20.8. The van der Waals surface area contributed by atoms with Crippen LogP contribution in [0.2, 0.25) is 0 Å². The number of aryl methyl sites for hydroxylation is 1. The molecule has 2 aliphatic rings.